The Hall–Kier alpha value is -3.23. The Morgan fingerprint density at radius 3 is 2.52 bits per heavy atom. The van der Waals surface area contributed by atoms with E-state index in [1.54, 1.807) is 11.3 Å². The molecule has 0 N–H and O–H groups in total. The molecule has 1 amide bonds. The Balaban J connectivity index is 1.10. The van der Waals surface area contributed by atoms with E-state index in [2.05, 4.69) is 45.8 Å². The average Bonchev–Trinajstić information content (AvgIpc) is 3.70. The summed E-state index contributed by atoms with van der Waals surface area (Å²) >= 11 is 1.62. The molecular formula is C34H42N4O3S. The molecule has 2 saturated heterocycles. The number of imidazole rings is 1. The molecule has 7 nitrogen and oxygen atoms in total. The summed E-state index contributed by atoms with van der Waals surface area (Å²) in [5.41, 5.74) is 4.45. The number of Topliss-reactive ketones (excluding diaryl/α,β-unsaturated/α-hetero) is 1. The van der Waals surface area contributed by atoms with Crippen LogP contribution >= 0.6 is 11.3 Å². The molecule has 0 saturated carbocycles. The maximum absolute atomic E-state index is 12.9. The maximum Gasteiger partial charge on any atom is 0.410 e. The van der Waals surface area contributed by atoms with Gasteiger partial charge in [0.15, 0.2) is 10.7 Å². The van der Waals surface area contributed by atoms with Crippen molar-refractivity contribution in [2.75, 3.05) is 26.2 Å². The number of fused-ring (bicyclic) bond motifs is 3. The van der Waals surface area contributed by atoms with Gasteiger partial charge in [-0.25, -0.2) is 9.78 Å². The van der Waals surface area contributed by atoms with Crippen LogP contribution in [0.1, 0.15) is 94.1 Å². The number of ether oxygens (including phenoxy) is 1. The Labute approximate surface area is 252 Å². The van der Waals surface area contributed by atoms with E-state index in [9.17, 15) is 9.59 Å². The fraction of sp³-hybridized carbons (Fsp3) is 0.500. The smallest absolute Gasteiger partial charge is 0.410 e. The summed E-state index contributed by atoms with van der Waals surface area (Å²) < 4.78 is 8.85. The molecule has 4 aromatic rings. The number of hydrogen-bond acceptors (Lipinski definition) is 6. The van der Waals surface area contributed by atoms with E-state index in [0.717, 1.165) is 76.3 Å². The molecule has 0 bridgehead atoms. The van der Waals surface area contributed by atoms with Crippen LogP contribution in [0, 0.1) is 0 Å². The molecule has 0 radical (unpaired) electrons. The normalized spacial score (nSPS) is 18.3. The van der Waals surface area contributed by atoms with Crippen LogP contribution in [-0.4, -0.2) is 62.8 Å². The highest BCUT2D eigenvalue weighted by Crippen LogP contribution is 2.35. The van der Waals surface area contributed by atoms with Gasteiger partial charge in [0.2, 0.25) is 0 Å². The summed E-state index contributed by atoms with van der Waals surface area (Å²) in [6, 6.07) is 14.5. The predicted octanol–water partition coefficient (Wildman–Crippen LogP) is 8.13. The van der Waals surface area contributed by atoms with Gasteiger partial charge in [-0.1, -0.05) is 42.0 Å². The van der Waals surface area contributed by atoms with Gasteiger partial charge in [0.25, 0.3) is 0 Å². The highest BCUT2D eigenvalue weighted by molar-refractivity contribution is 7.23. The minimum Gasteiger partial charge on any atom is -0.444 e. The van der Waals surface area contributed by atoms with Crippen molar-refractivity contribution in [3.8, 4) is 11.3 Å². The third kappa shape index (κ3) is 6.40. The van der Waals surface area contributed by atoms with Crippen LogP contribution in [0.3, 0.4) is 0 Å². The molecule has 2 aliphatic rings. The molecule has 8 heteroatoms. The molecule has 1 atom stereocenters. The van der Waals surface area contributed by atoms with E-state index in [1.165, 1.54) is 32.4 Å². The molecule has 1 unspecified atom stereocenters. The van der Waals surface area contributed by atoms with Crippen LogP contribution in [0.15, 0.2) is 48.7 Å². The number of nitrogens with zero attached hydrogens (tertiary/aromatic N) is 4. The number of aromatic nitrogens is 2. The zero-order valence-corrected chi connectivity index (χ0v) is 25.9. The molecule has 2 aromatic heterocycles. The summed E-state index contributed by atoms with van der Waals surface area (Å²) in [4.78, 5) is 35.9. The van der Waals surface area contributed by atoms with Gasteiger partial charge in [0.1, 0.15) is 5.60 Å². The zero-order chi connectivity index (χ0) is 29.3. The SMILES string of the molecule is CC(C)(C)OC(=O)N1CCCC1c1ccc(-c2cn3c(n2)sc2cc(C(=O)CCCCN4CCCCC4)ccc23)cc1. The first-order valence-corrected chi connectivity index (χ1v) is 16.3. The number of hydrogen-bond donors (Lipinski definition) is 0. The van der Waals surface area contributed by atoms with Crippen LogP contribution in [-0.2, 0) is 4.74 Å². The number of benzene rings is 2. The van der Waals surface area contributed by atoms with Crippen molar-refractivity contribution in [2.45, 2.75) is 83.8 Å². The lowest BCUT2D eigenvalue weighted by atomic mass is 10.0. The summed E-state index contributed by atoms with van der Waals surface area (Å²) in [7, 11) is 0. The number of amides is 1. The van der Waals surface area contributed by atoms with Gasteiger partial charge in [0, 0.05) is 30.3 Å². The minimum absolute atomic E-state index is 0.0370. The van der Waals surface area contributed by atoms with Gasteiger partial charge < -0.3 is 14.5 Å². The van der Waals surface area contributed by atoms with E-state index < -0.39 is 5.60 Å². The molecule has 2 aliphatic heterocycles. The summed E-state index contributed by atoms with van der Waals surface area (Å²) in [5, 5.41) is 0. The fourth-order valence-corrected chi connectivity index (χ4v) is 7.34. The number of rotatable bonds is 8. The van der Waals surface area contributed by atoms with Gasteiger partial charge in [-0.05, 0) is 103 Å². The monoisotopic (exact) mass is 586 g/mol. The largest absolute Gasteiger partial charge is 0.444 e. The van der Waals surface area contributed by atoms with Gasteiger partial charge in [-0.3, -0.25) is 9.20 Å². The number of carbonyl (C=O) groups is 2. The van der Waals surface area contributed by atoms with Gasteiger partial charge in [-0.2, -0.15) is 0 Å². The van der Waals surface area contributed by atoms with Crippen molar-refractivity contribution >= 4 is 38.4 Å². The molecule has 42 heavy (non-hydrogen) atoms. The van der Waals surface area contributed by atoms with Gasteiger partial charge >= 0.3 is 6.09 Å². The van der Waals surface area contributed by atoms with Gasteiger partial charge in [-0.15, -0.1) is 0 Å². The van der Waals surface area contributed by atoms with E-state index in [1.807, 2.05) is 37.8 Å². The molecule has 2 aromatic carbocycles. The number of piperidine rings is 1. The van der Waals surface area contributed by atoms with Crippen molar-refractivity contribution in [1.82, 2.24) is 19.2 Å². The Kier molecular flexibility index (Phi) is 8.37. The fourth-order valence-electron chi connectivity index (χ4n) is 6.29. The van der Waals surface area contributed by atoms with E-state index in [0.29, 0.717) is 6.42 Å². The summed E-state index contributed by atoms with van der Waals surface area (Å²) in [6.45, 7) is 9.98. The van der Waals surface area contributed by atoms with E-state index in [4.69, 9.17) is 9.72 Å². The standard InChI is InChI=1S/C34H42N4O3S/c1-34(2,3)41-33(40)37-21-9-10-28(37)25-14-12-24(13-15-25)27-23-38-29-17-16-26(22-31(29)42-32(38)35-27)30(39)11-5-8-20-36-18-6-4-7-19-36/h12-17,22-23,28H,4-11,18-21H2,1-3H3. The Bertz CT molecular complexity index is 1560. The first-order valence-electron chi connectivity index (χ1n) is 15.5. The first-order chi connectivity index (χ1) is 20.2. The number of unbranched alkanes of at least 4 members (excludes halogenated alkanes) is 1. The van der Waals surface area contributed by atoms with Crippen molar-refractivity contribution in [2.24, 2.45) is 0 Å². The second kappa shape index (κ2) is 12.2. The lowest BCUT2D eigenvalue weighted by Gasteiger charge is -2.28. The quantitative estimate of drug-likeness (QED) is 0.154. The van der Waals surface area contributed by atoms with Crippen LogP contribution in [0.4, 0.5) is 4.79 Å². The highest BCUT2D eigenvalue weighted by atomic mass is 32.1. The van der Waals surface area contributed by atoms with Crippen LogP contribution in [0.2, 0.25) is 0 Å². The molecule has 4 heterocycles. The second-order valence-electron chi connectivity index (χ2n) is 12.8. The average molecular weight is 587 g/mol. The maximum atomic E-state index is 12.9. The lowest BCUT2D eigenvalue weighted by Crippen LogP contribution is -2.36. The van der Waals surface area contributed by atoms with Crippen LogP contribution in [0.5, 0.6) is 0 Å². The van der Waals surface area contributed by atoms with E-state index in [-0.39, 0.29) is 17.9 Å². The lowest BCUT2D eigenvalue weighted by molar-refractivity contribution is 0.0224. The number of likely N-dealkylation sites (tertiary alicyclic amines) is 2. The third-order valence-electron chi connectivity index (χ3n) is 8.47. The van der Waals surface area contributed by atoms with Crippen LogP contribution < -0.4 is 0 Å². The van der Waals surface area contributed by atoms with Crippen molar-refractivity contribution in [3.63, 3.8) is 0 Å². The molecular weight excluding hydrogens is 544 g/mol. The molecule has 0 aliphatic carbocycles. The Morgan fingerprint density at radius 1 is 0.976 bits per heavy atom. The molecule has 6 rings (SSSR count). The molecule has 2 fully saturated rings. The zero-order valence-electron chi connectivity index (χ0n) is 25.1. The molecule has 0 spiro atoms. The topological polar surface area (TPSA) is 67.2 Å². The number of carbonyl (C=O) groups excluding carboxylic acids is 2. The van der Waals surface area contributed by atoms with E-state index >= 15 is 0 Å². The molecule has 222 valence electrons. The van der Waals surface area contributed by atoms with Crippen molar-refractivity contribution in [1.29, 1.82) is 0 Å². The summed E-state index contributed by atoms with van der Waals surface area (Å²) in [6.07, 6.45) is 10.4. The first kappa shape index (κ1) is 28.9. The van der Waals surface area contributed by atoms with Gasteiger partial charge in [0.05, 0.1) is 22.0 Å². The predicted molar refractivity (Wildman–Crippen MR) is 169 cm³/mol. The van der Waals surface area contributed by atoms with Crippen molar-refractivity contribution < 1.29 is 14.3 Å². The Morgan fingerprint density at radius 2 is 1.76 bits per heavy atom. The second-order valence-corrected chi connectivity index (χ2v) is 13.8. The highest BCUT2D eigenvalue weighted by Gasteiger charge is 2.33. The number of thiazole rings is 1. The van der Waals surface area contributed by atoms with Crippen molar-refractivity contribution in [3.05, 3.63) is 59.8 Å². The third-order valence-corrected chi connectivity index (χ3v) is 9.48. The number of ketones is 1. The minimum atomic E-state index is -0.504. The summed E-state index contributed by atoms with van der Waals surface area (Å²) in [5.74, 6) is 0.231. The van der Waals surface area contributed by atoms with Crippen LogP contribution in [0.25, 0.3) is 26.4 Å².